The van der Waals surface area contributed by atoms with Gasteiger partial charge in [0, 0.05) is 29.7 Å². The molecule has 0 aromatic carbocycles. The number of aromatic nitrogens is 1. The minimum atomic E-state index is 0.0568. The Morgan fingerprint density at radius 2 is 2.29 bits per heavy atom. The van der Waals surface area contributed by atoms with Crippen LogP contribution in [0, 0.1) is 6.92 Å². The van der Waals surface area contributed by atoms with Crippen LogP contribution in [0.2, 0.25) is 0 Å². The predicted molar refractivity (Wildman–Crippen MR) is 73.5 cm³/mol. The van der Waals surface area contributed by atoms with E-state index in [2.05, 4.69) is 50.3 Å². The first-order valence-corrected chi connectivity index (χ1v) is 7.21. The van der Waals surface area contributed by atoms with Gasteiger partial charge in [0.2, 0.25) is 0 Å². The van der Waals surface area contributed by atoms with Gasteiger partial charge in [-0.1, -0.05) is 0 Å². The summed E-state index contributed by atoms with van der Waals surface area (Å²) in [5, 5.41) is 7.16. The van der Waals surface area contributed by atoms with E-state index in [1.54, 1.807) is 11.3 Å². The highest BCUT2D eigenvalue weighted by Gasteiger charge is 2.44. The predicted octanol–water partition coefficient (Wildman–Crippen LogP) is 2.37. The van der Waals surface area contributed by atoms with Crippen molar-refractivity contribution in [1.29, 1.82) is 0 Å². The Hall–Kier alpha value is -0.450. The summed E-state index contributed by atoms with van der Waals surface area (Å²) >= 11 is 1.79. The summed E-state index contributed by atoms with van der Waals surface area (Å²) in [7, 11) is 2.20. The highest BCUT2D eigenvalue weighted by Crippen LogP contribution is 2.37. The molecule has 1 fully saturated rings. The van der Waals surface area contributed by atoms with Crippen LogP contribution in [-0.4, -0.2) is 35.6 Å². The van der Waals surface area contributed by atoms with E-state index in [9.17, 15) is 0 Å². The minimum Gasteiger partial charge on any atom is -0.302 e. The number of nitrogens with zero attached hydrogens (tertiary/aromatic N) is 2. The van der Waals surface area contributed by atoms with Crippen LogP contribution in [0.1, 0.15) is 37.9 Å². The number of thiazole rings is 1. The standard InChI is InChI=1S/C13H23N3S/c1-9(2)15-13(6-11(4)16(5)8-13)12-14-10(3)7-17-12/h7,9,11,15H,6,8H2,1-5H3. The molecule has 1 N–H and O–H groups in total. The molecular formula is C13H23N3S. The van der Waals surface area contributed by atoms with Crippen LogP contribution in [-0.2, 0) is 5.54 Å². The third-order valence-corrected chi connectivity index (χ3v) is 4.67. The zero-order valence-corrected chi connectivity index (χ0v) is 12.3. The normalized spacial score (nSPS) is 30.4. The van der Waals surface area contributed by atoms with Gasteiger partial charge in [-0.3, -0.25) is 0 Å². The van der Waals surface area contributed by atoms with Gasteiger partial charge in [-0.05, 0) is 41.2 Å². The molecule has 1 aliphatic rings. The third-order valence-electron chi connectivity index (χ3n) is 3.51. The summed E-state index contributed by atoms with van der Waals surface area (Å²) in [6.45, 7) is 9.85. The second-order valence-electron chi connectivity index (χ2n) is 5.64. The Morgan fingerprint density at radius 3 is 2.71 bits per heavy atom. The highest BCUT2D eigenvalue weighted by molar-refractivity contribution is 7.09. The van der Waals surface area contributed by atoms with Crippen LogP contribution >= 0.6 is 11.3 Å². The SMILES string of the molecule is Cc1csc(C2(NC(C)C)CC(C)N(C)C2)n1. The van der Waals surface area contributed by atoms with E-state index in [1.165, 1.54) is 5.01 Å². The van der Waals surface area contributed by atoms with E-state index in [1.807, 2.05) is 0 Å². The maximum absolute atomic E-state index is 4.72. The molecule has 1 aromatic heterocycles. The molecule has 2 heterocycles. The first-order chi connectivity index (χ1) is 7.93. The molecule has 2 atom stereocenters. The zero-order valence-electron chi connectivity index (χ0n) is 11.4. The Bertz CT molecular complexity index is 370. The van der Waals surface area contributed by atoms with E-state index in [-0.39, 0.29) is 5.54 Å². The Morgan fingerprint density at radius 1 is 1.59 bits per heavy atom. The lowest BCUT2D eigenvalue weighted by molar-refractivity contribution is 0.285. The second-order valence-corrected chi connectivity index (χ2v) is 6.50. The lowest BCUT2D eigenvalue weighted by Crippen LogP contribution is -2.47. The molecule has 96 valence electrons. The molecule has 0 radical (unpaired) electrons. The van der Waals surface area contributed by atoms with Gasteiger partial charge in [0.25, 0.3) is 0 Å². The van der Waals surface area contributed by atoms with E-state index >= 15 is 0 Å². The molecule has 0 bridgehead atoms. The van der Waals surface area contributed by atoms with Crippen molar-refractivity contribution in [2.24, 2.45) is 0 Å². The van der Waals surface area contributed by atoms with Crippen LogP contribution < -0.4 is 5.32 Å². The molecular weight excluding hydrogens is 230 g/mol. The smallest absolute Gasteiger partial charge is 0.114 e. The number of rotatable bonds is 3. The molecule has 17 heavy (non-hydrogen) atoms. The summed E-state index contributed by atoms with van der Waals surface area (Å²) in [5.41, 5.74) is 1.19. The van der Waals surface area contributed by atoms with Crippen molar-refractivity contribution < 1.29 is 0 Å². The van der Waals surface area contributed by atoms with Crippen LogP contribution in [0.5, 0.6) is 0 Å². The van der Waals surface area contributed by atoms with Crippen molar-refractivity contribution >= 4 is 11.3 Å². The number of hydrogen-bond acceptors (Lipinski definition) is 4. The summed E-state index contributed by atoms with van der Waals surface area (Å²) < 4.78 is 0. The maximum atomic E-state index is 4.72. The summed E-state index contributed by atoms with van der Waals surface area (Å²) in [4.78, 5) is 7.14. The third kappa shape index (κ3) is 2.54. The first-order valence-electron chi connectivity index (χ1n) is 6.33. The minimum absolute atomic E-state index is 0.0568. The van der Waals surface area contributed by atoms with E-state index < -0.39 is 0 Å². The summed E-state index contributed by atoms with van der Waals surface area (Å²) in [6, 6.07) is 1.10. The molecule has 1 aromatic rings. The molecule has 0 saturated carbocycles. The van der Waals surface area contributed by atoms with Gasteiger partial charge in [0.1, 0.15) is 5.01 Å². The average Bonchev–Trinajstić information content (AvgIpc) is 2.73. The molecule has 2 unspecified atom stereocenters. The van der Waals surface area contributed by atoms with Gasteiger partial charge in [-0.2, -0.15) is 0 Å². The molecule has 1 saturated heterocycles. The van der Waals surface area contributed by atoms with Crippen LogP contribution in [0.25, 0.3) is 0 Å². The van der Waals surface area contributed by atoms with E-state index in [0.717, 1.165) is 18.7 Å². The molecule has 0 amide bonds. The second kappa shape index (κ2) is 4.67. The quantitative estimate of drug-likeness (QED) is 0.896. The van der Waals surface area contributed by atoms with Crippen molar-refractivity contribution in [3.05, 3.63) is 16.1 Å². The van der Waals surface area contributed by atoms with Gasteiger partial charge < -0.3 is 10.2 Å². The lowest BCUT2D eigenvalue weighted by Gasteiger charge is -2.30. The molecule has 0 aliphatic carbocycles. The molecule has 4 heteroatoms. The Balaban J connectivity index is 2.31. The van der Waals surface area contributed by atoms with Crippen molar-refractivity contribution in [3.63, 3.8) is 0 Å². The van der Waals surface area contributed by atoms with E-state index in [0.29, 0.717) is 12.1 Å². The number of hydrogen-bond donors (Lipinski definition) is 1. The number of likely N-dealkylation sites (tertiary alicyclic amines) is 1. The van der Waals surface area contributed by atoms with Gasteiger partial charge in [-0.25, -0.2) is 4.98 Å². The van der Waals surface area contributed by atoms with Crippen LogP contribution in [0.4, 0.5) is 0 Å². The molecule has 0 spiro atoms. The molecule has 2 rings (SSSR count). The van der Waals surface area contributed by atoms with Gasteiger partial charge >= 0.3 is 0 Å². The van der Waals surface area contributed by atoms with Gasteiger partial charge in [0.15, 0.2) is 0 Å². The number of likely N-dealkylation sites (N-methyl/N-ethyl adjacent to an activating group) is 1. The van der Waals surface area contributed by atoms with Crippen LogP contribution in [0.15, 0.2) is 5.38 Å². The summed E-state index contributed by atoms with van der Waals surface area (Å²) in [5.74, 6) is 0. The average molecular weight is 253 g/mol. The zero-order chi connectivity index (χ0) is 12.6. The highest BCUT2D eigenvalue weighted by atomic mass is 32.1. The molecule has 1 aliphatic heterocycles. The Labute approximate surface area is 108 Å². The largest absolute Gasteiger partial charge is 0.302 e. The fourth-order valence-corrected chi connectivity index (χ4v) is 3.72. The first kappa shape index (κ1) is 13.0. The fourth-order valence-electron chi connectivity index (χ4n) is 2.75. The van der Waals surface area contributed by atoms with E-state index in [4.69, 9.17) is 4.98 Å². The maximum Gasteiger partial charge on any atom is 0.114 e. The topological polar surface area (TPSA) is 28.2 Å². The van der Waals surface area contributed by atoms with Crippen LogP contribution in [0.3, 0.4) is 0 Å². The fraction of sp³-hybridized carbons (Fsp3) is 0.769. The number of aryl methyl sites for hydroxylation is 1. The monoisotopic (exact) mass is 253 g/mol. The lowest BCUT2D eigenvalue weighted by atomic mass is 9.96. The van der Waals surface area contributed by atoms with Crippen molar-refractivity contribution in [2.45, 2.75) is 51.7 Å². The number of nitrogens with one attached hydrogen (secondary N) is 1. The molecule has 3 nitrogen and oxygen atoms in total. The van der Waals surface area contributed by atoms with Crippen molar-refractivity contribution in [1.82, 2.24) is 15.2 Å². The Kier molecular flexibility index (Phi) is 3.57. The van der Waals surface area contributed by atoms with Gasteiger partial charge in [-0.15, -0.1) is 11.3 Å². The van der Waals surface area contributed by atoms with Crippen molar-refractivity contribution in [2.75, 3.05) is 13.6 Å². The van der Waals surface area contributed by atoms with Crippen molar-refractivity contribution in [3.8, 4) is 0 Å². The van der Waals surface area contributed by atoms with Gasteiger partial charge in [0.05, 0.1) is 5.54 Å². The summed E-state index contributed by atoms with van der Waals surface area (Å²) in [6.07, 6.45) is 1.15.